The molecule has 0 spiro atoms. The Morgan fingerprint density at radius 2 is 2.38 bits per heavy atom. The molecule has 0 bridgehead atoms. The first kappa shape index (κ1) is 18.9. The van der Waals surface area contributed by atoms with Crippen molar-refractivity contribution in [2.45, 2.75) is 32.2 Å². The molecule has 1 fully saturated rings. The molecule has 0 saturated carbocycles. The van der Waals surface area contributed by atoms with Crippen LogP contribution in [0.25, 0.3) is 11.0 Å². The summed E-state index contributed by atoms with van der Waals surface area (Å²) >= 11 is 0. The molecule has 4 heterocycles. The molecule has 29 heavy (non-hydrogen) atoms. The third kappa shape index (κ3) is 3.91. The summed E-state index contributed by atoms with van der Waals surface area (Å²) in [6.45, 7) is 6.69. The van der Waals surface area contributed by atoms with Crippen molar-refractivity contribution >= 4 is 28.6 Å². The van der Waals surface area contributed by atoms with Gasteiger partial charge in [-0.1, -0.05) is 6.58 Å². The van der Waals surface area contributed by atoms with Crippen LogP contribution in [0.1, 0.15) is 13.3 Å². The number of amides is 1. The van der Waals surface area contributed by atoms with Gasteiger partial charge < -0.3 is 19.9 Å². The van der Waals surface area contributed by atoms with E-state index in [2.05, 4.69) is 31.9 Å². The smallest absolute Gasteiger partial charge is 0.246 e. The van der Waals surface area contributed by atoms with Crippen molar-refractivity contribution in [1.29, 1.82) is 0 Å². The second-order valence-corrected chi connectivity index (χ2v) is 6.75. The van der Waals surface area contributed by atoms with Gasteiger partial charge in [-0.3, -0.25) is 9.48 Å². The number of aromatic amines is 1. The second kappa shape index (κ2) is 7.90. The van der Waals surface area contributed by atoms with Crippen LogP contribution in [-0.2, 0) is 11.3 Å². The molecule has 1 saturated heterocycles. The lowest BCUT2D eigenvalue weighted by molar-refractivity contribution is -0.130. The Hall–Kier alpha value is -3.43. The van der Waals surface area contributed by atoms with Crippen molar-refractivity contribution in [3.05, 3.63) is 37.3 Å². The number of fused-ring (bicyclic) bond motifs is 1. The topological polar surface area (TPSA) is 101 Å². The minimum Gasteiger partial charge on any atom is -0.469 e. The third-order valence-corrected chi connectivity index (χ3v) is 4.82. The van der Waals surface area contributed by atoms with Crippen molar-refractivity contribution < 1.29 is 13.9 Å². The average Bonchev–Trinajstić information content (AvgIpc) is 3.38. The molecule has 4 rings (SSSR count). The number of carbonyl (C=O) groups is 1. The average molecular weight is 399 g/mol. The fourth-order valence-electron chi connectivity index (χ4n) is 3.26. The Kier molecular flexibility index (Phi) is 5.15. The summed E-state index contributed by atoms with van der Waals surface area (Å²) in [5.74, 6) is 0.313. The highest BCUT2D eigenvalue weighted by atomic mass is 19.1. The molecule has 0 radical (unpaired) electrons. The number of nitrogens with one attached hydrogen (secondary N) is 2. The number of alkyl halides is 1. The van der Waals surface area contributed by atoms with Crippen LogP contribution in [0.3, 0.4) is 0 Å². The Morgan fingerprint density at radius 3 is 3.14 bits per heavy atom. The number of carbonyl (C=O) groups excluding carboxylic acids is 1. The summed E-state index contributed by atoms with van der Waals surface area (Å²) in [7, 11) is 0. The zero-order valence-corrected chi connectivity index (χ0v) is 16.0. The van der Waals surface area contributed by atoms with E-state index in [-0.39, 0.29) is 24.8 Å². The molecule has 10 heteroatoms. The predicted octanol–water partition coefficient (Wildman–Crippen LogP) is 2.42. The number of likely N-dealkylation sites (tertiary alicyclic amines) is 1. The minimum atomic E-state index is -1.20. The molecule has 1 amide bonds. The van der Waals surface area contributed by atoms with E-state index in [9.17, 15) is 9.18 Å². The fraction of sp³-hybridized carbons (Fsp3) is 0.368. The largest absolute Gasteiger partial charge is 0.469 e. The molecule has 3 aromatic heterocycles. The molecule has 2 N–H and O–H groups in total. The quantitative estimate of drug-likeness (QED) is 0.618. The van der Waals surface area contributed by atoms with Crippen molar-refractivity contribution in [2.75, 3.05) is 18.4 Å². The lowest BCUT2D eigenvalue weighted by atomic mass is 10.1. The van der Waals surface area contributed by atoms with Crippen molar-refractivity contribution in [3.8, 4) is 5.88 Å². The minimum absolute atomic E-state index is 0.133. The third-order valence-electron chi connectivity index (χ3n) is 4.82. The normalized spacial score (nSPS) is 19.3. The second-order valence-electron chi connectivity index (χ2n) is 6.75. The lowest BCUT2D eigenvalue weighted by Crippen LogP contribution is -2.49. The SMILES string of the molecule is C=CC(=O)N1CCC(F)C(Oc2nc(Nc3cnn(CC)c3)nc3[nH]ccc23)C1. The molecule has 1 aliphatic rings. The fourth-order valence-corrected chi connectivity index (χ4v) is 3.26. The van der Waals surface area contributed by atoms with Gasteiger partial charge in [0.25, 0.3) is 0 Å². The van der Waals surface area contributed by atoms with E-state index in [4.69, 9.17) is 4.74 Å². The number of hydrogen-bond donors (Lipinski definition) is 2. The van der Waals surface area contributed by atoms with E-state index in [1.54, 1.807) is 23.1 Å². The maximum absolute atomic E-state index is 14.5. The zero-order chi connectivity index (χ0) is 20.4. The van der Waals surface area contributed by atoms with Gasteiger partial charge in [-0.15, -0.1) is 0 Å². The summed E-state index contributed by atoms with van der Waals surface area (Å²) in [5, 5.41) is 7.93. The molecule has 152 valence electrons. The van der Waals surface area contributed by atoms with Gasteiger partial charge in [0.05, 0.1) is 23.8 Å². The van der Waals surface area contributed by atoms with Crippen LogP contribution >= 0.6 is 0 Å². The molecule has 1 aliphatic heterocycles. The van der Waals surface area contributed by atoms with E-state index < -0.39 is 12.3 Å². The van der Waals surface area contributed by atoms with E-state index in [0.29, 0.717) is 23.5 Å². The first-order valence-corrected chi connectivity index (χ1v) is 9.44. The number of piperidine rings is 1. The number of hydrogen-bond acceptors (Lipinski definition) is 6. The highest BCUT2D eigenvalue weighted by molar-refractivity contribution is 5.87. The Bertz CT molecular complexity index is 1030. The van der Waals surface area contributed by atoms with Gasteiger partial charge >= 0.3 is 0 Å². The summed E-state index contributed by atoms with van der Waals surface area (Å²) in [4.78, 5) is 25.3. The monoisotopic (exact) mass is 399 g/mol. The van der Waals surface area contributed by atoms with Gasteiger partial charge in [0.2, 0.25) is 17.7 Å². The number of nitrogens with zero attached hydrogens (tertiary/aromatic N) is 5. The van der Waals surface area contributed by atoms with E-state index in [0.717, 1.165) is 12.2 Å². The lowest BCUT2D eigenvalue weighted by Gasteiger charge is -2.34. The number of halogens is 1. The van der Waals surface area contributed by atoms with Crippen LogP contribution in [0.2, 0.25) is 0 Å². The van der Waals surface area contributed by atoms with Crippen LogP contribution in [-0.4, -0.2) is 60.9 Å². The number of rotatable bonds is 6. The number of anilines is 2. The van der Waals surface area contributed by atoms with Crippen molar-refractivity contribution in [1.82, 2.24) is 29.6 Å². The zero-order valence-electron chi connectivity index (χ0n) is 16.0. The van der Waals surface area contributed by atoms with Gasteiger partial charge in [0, 0.05) is 25.5 Å². The van der Waals surface area contributed by atoms with Crippen molar-refractivity contribution in [3.63, 3.8) is 0 Å². The Labute approximate surface area is 166 Å². The molecule has 9 nitrogen and oxygen atoms in total. The highest BCUT2D eigenvalue weighted by Gasteiger charge is 2.33. The number of aryl methyl sites for hydroxylation is 1. The predicted molar refractivity (Wildman–Crippen MR) is 106 cm³/mol. The first-order valence-electron chi connectivity index (χ1n) is 9.44. The molecular formula is C19H22FN7O2. The number of aromatic nitrogens is 5. The van der Waals surface area contributed by atoms with E-state index in [1.165, 1.54) is 11.0 Å². The number of H-pyrrole nitrogens is 1. The Morgan fingerprint density at radius 1 is 1.52 bits per heavy atom. The molecule has 0 aromatic carbocycles. The van der Waals surface area contributed by atoms with Gasteiger partial charge in [0.15, 0.2) is 0 Å². The van der Waals surface area contributed by atoms with E-state index in [1.807, 2.05) is 13.1 Å². The summed E-state index contributed by atoms with van der Waals surface area (Å²) in [6, 6.07) is 1.77. The van der Waals surface area contributed by atoms with Gasteiger partial charge in [-0.2, -0.15) is 15.1 Å². The molecule has 3 aromatic rings. The van der Waals surface area contributed by atoms with Crippen LogP contribution < -0.4 is 10.1 Å². The van der Waals surface area contributed by atoms with Crippen LogP contribution in [0, 0.1) is 0 Å². The first-order chi connectivity index (χ1) is 14.1. The maximum Gasteiger partial charge on any atom is 0.246 e. The highest BCUT2D eigenvalue weighted by Crippen LogP contribution is 2.28. The Balaban J connectivity index is 1.59. The van der Waals surface area contributed by atoms with Crippen LogP contribution in [0.15, 0.2) is 37.3 Å². The summed E-state index contributed by atoms with van der Waals surface area (Å²) in [6.07, 6.45) is 4.62. The summed E-state index contributed by atoms with van der Waals surface area (Å²) < 4.78 is 22.2. The van der Waals surface area contributed by atoms with Gasteiger partial charge in [-0.25, -0.2) is 4.39 Å². The molecule has 0 aliphatic carbocycles. The standard InChI is InChI=1S/C19H22FN7O2/c1-3-16(28)26-8-6-14(20)15(11-26)29-18-13-5-7-21-17(13)24-19(25-18)23-12-9-22-27(4-2)10-12/h3,5,7,9-10,14-15H,1,4,6,8,11H2,2H3,(H2,21,23,24,25). The maximum atomic E-state index is 14.5. The van der Waals surface area contributed by atoms with Crippen LogP contribution in [0.4, 0.5) is 16.0 Å². The van der Waals surface area contributed by atoms with Crippen molar-refractivity contribution in [2.24, 2.45) is 0 Å². The summed E-state index contributed by atoms with van der Waals surface area (Å²) in [5.41, 5.74) is 1.29. The van der Waals surface area contributed by atoms with Gasteiger partial charge in [0.1, 0.15) is 17.9 Å². The van der Waals surface area contributed by atoms with E-state index >= 15 is 0 Å². The van der Waals surface area contributed by atoms with Crippen LogP contribution in [0.5, 0.6) is 5.88 Å². The molecule has 2 atom stereocenters. The number of ether oxygens (including phenoxy) is 1. The molecule has 2 unspecified atom stereocenters. The molecular weight excluding hydrogens is 377 g/mol. The van der Waals surface area contributed by atoms with Gasteiger partial charge in [-0.05, 0) is 25.5 Å².